The Morgan fingerprint density at radius 3 is 2.75 bits per heavy atom. The van der Waals surface area contributed by atoms with Gasteiger partial charge in [-0.25, -0.2) is 9.37 Å². The van der Waals surface area contributed by atoms with E-state index in [0.29, 0.717) is 17.2 Å². The summed E-state index contributed by atoms with van der Waals surface area (Å²) in [6.45, 7) is 1.10. The molecule has 168 valence electrons. The molecule has 1 amide bonds. The number of hydrogen-bond acceptors (Lipinski definition) is 6. The molecule has 1 aliphatic heterocycles. The van der Waals surface area contributed by atoms with Crippen molar-refractivity contribution in [1.82, 2.24) is 10.3 Å². The number of benzene rings is 2. The molecule has 1 aliphatic rings. The second kappa shape index (κ2) is 9.93. The molecule has 0 spiro atoms. The van der Waals surface area contributed by atoms with Crippen LogP contribution in [0.15, 0.2) is 48.7 Å². The molecule has 0 saturated carbocycles. The van der Waals surface area contributed by atoms with Crippen molar-refractivity contribution in [3.05, 3.63) is 65.6 Å². The second-order valence-corrected chi connectivity index (χ2v) is 7.77. The maximum absolute atomic E-state index is 14.0. The average Bonchev–Trinajstić information content (AvgIpc) is 2.82. The summed E-state index contributed by atoms with van der Waals surface area (Å²) in [6.07, 6.45) is 3.63. The third kappa shape index (κ3) is 4.98. The second-order valence-electron chi connectivity index (χ2n) is 7.77. The summed E-state index contributed by atoms with van der Waals surface area (Å²) in [7, 11) is 1.38. The Kier molecular flexibility index (Phi) is 6.82. The summed E-state index contributed by atoms with van der Waals surface area (Å²) < 4.78 is 24.4. The Labute approximate surface area is 185 Å². The number of halogens is 1. The summed E-state index contributed by atoms with van der Waals surface area (Å²) in [5.74, 6) is -0.0626. The number of fused-ring (bicyclic) bond motifs is 1. The smallest absolute Gasteiger partial charge is 0.251 e. The fourth-order valence-corrected chi connectivity index (χ4v) is 3.79. The molecule has 0 bridgehead atoms. The summed E-state index contributed by atoms with van der Waals surface area (Å²) in [5.41, 5.74) is 0.889. The first kappa shape index (κ1) is 22.0. The number of hydrogen-bond donors (Lipinski definition) is 3. The fraction of sp³-hybridized carbons (Fsp3) is 0.333. The number of pyridine rings is 1. The van der Waals surface area contributed by atoms with E-state index in [0.717, 1.165) is 42.6 Å². The number of ether oxygens (including phenoxy) is 2. The molecule has 8 heteroatoms. The minimum absolute atomic E-state index is 0.102. The SMILES string of the molecule is COc1ccc(C(CO)NC(=O)c2ccc3cnc(NC4CCOCC4)cc3c2)cc1F. The zero-order valence-corrected chi connectivity index (χ0v) is 17.8. The van der Waals surface area contributed by atoms with Crippen molar-refractivity contribution in [2.75, 3.05) is 32.2 Å². The van der Waals surface area contributed by atoms with Crippen LogP contribution in [-0.2, 0) is 4.74 Å². The Balaban J connectivity index is 1.51. The minimum atomic E-state index is -0.748. The summed E-state index contributed by atoms with van der Waals surface area (Å²) in [5, 5.41) is 17.7. The number of rotatable bonds is 7. The van der Waals surface area contributed by atoms with Crippen LogP contribution in [0.4, 0.5) is 10.2 Å². The van der Waals surface area contributed by atoms with Crippen molar-refractivity contribution < 1.29 is 23.8 Å². The number of nitrogens with zero attached hydrogens (tertiary/aromatic N) is 1. The van der Waals surface area contributed by atoms with Crippen molar-refractivity contribution in [2.24, 2.45) is 0 Å². The molecule has 0 aliphatic carbocycles. The van der Waals surface area contributed by atoms with E-state index in [-0.39, 0.29) is 18.3 Å². The lowest BCUT2D eigenvalue weighted by atomic mass is 10.0. The van der Waals surface area contributed by atoms with Gasteiger partial charge in [0, 0.05) is 36.4 Å². The lowest BCUT2D eigenvalue weighted by molar-refractivity contribution is 0.0903. The van der Waals surface area contributed by atoms with E-state index >= 15 is 0 Å². The number of aliphatic hydroxyl groups excluding tert-OH is 1. The molecule has 1 atom stereocenters. The molecule has 0 radical (unpaired) electrons. The minimum Gasteiger partial charge on any atom is -0.494 e. The van der Waals surface area contributed by atoms with Gasteiger partial charge in [0.15, 0.2) is 11.6 Å². The highest BCUT2D eigenvalue weighted by Gasteiger charge is 2.18. The molecule has 1 unspecified atom stereocenters. The molecule has 2 heterocycles. The molecule has 1 fully saturated rings. The molecular weight excluding hydrogens is 413 g/mol. The van der Waals surface area contributed by atoms with Gasteiger partial charge in [0.25, 0.3) is 5.91 Å². The topological polar surface area (TPSA) is 92.7 Å². The number of amides is 1. The molecule has 1 aromatic heterocycles. The predicted molar refractivity (Wildman–Crippen MR) is 119 cm³/mol. The number of aromatic nitrogens is 1. The molecule has 3 N–H and O–H groups in total. The molecule has 7 nitrogen and oxygen atoms in total. The molecule has 1 saturated heterocycles. The Hall–Kier alpha value is -3.23. The summed E-state index contributed by atoms with van der Waals surface area (Å²) in [4.78, 5) is 17.3. The van der Waals surface area contributed by atoms with Crippen molar-refractivity contribution in [2.45, 2.75) is 24.9 Å². The summed E-state index contributed by atoms with van der Waals surface area (Å²) >= 11 is 0. The largest absolute Gasteiger partial charge is 0.494 e. The number of nitrogens with one attached hydrogen (secondary N) is 2. The number of anilines is 1. The monoisotopic (exact) mass is 439 g/mol. The van der Waals surface area contributed by atoms with Crippen LogP contribution in [0.2, 0.25) is 0 Å². The zero-order chi connectivity index (χ0) is 22.5. The van der Waals surface area contributed by atoms with Gasteiger partial charge in [-0.3, -0.25) is 4.79 Å². The number of carbonyl (C=O) groups is 1. The van der Waals surface area contributed by atoms with Crippen LogP contribution in [0.25, 0.3) is 10.8 Å². The van der Waals surface area contributed by atoms with Crippen LogP contribution in [0.3, 0.4) is 0 Å². The first-order valence-corrected chi connectivity index (χ1v) is 10.6. The van der Waals surface area contributed by atoms with E-state index in [1.807, 2.05) is 12.1 Å². The standard InChI is InChI=1S/C24H26FN3O4/c1-31-22-5-4-15(11-20(22)25)21(14-29)28-24(30)16-2-3-17-13-26-23(12-18(17)10-16)27-19-6-8-32-9-7-19/h2-5,10-13,19,21,29H,6-9,14H2,1H3,(H,26,27)(H,28,30). The third-order valence-electron chi connectivity index (χ3n) is 5.62. The van der Waals surface area contributed by atoms with Gasteiger partial charge in [-0.15, -0.1) is 0 Å². The van der Waals surface area contributed by atoms with Gasteiger partial charge in [-0.1, -0.05) is 12.1 Å². The Morgan fingerprint density at radius 1 is 1.22 bits per heavy atom. The maximum Gasteiger partial charge on any atom is 0.251 e. The van der Waals surface area contributed by atoms with Crippen LogP contribution in [0.1, 0.15) is 34.8 Å². The quantitative estimate of drug-likeness (QED) is 0.522. The van der Waals surface area contributed by atoms with Crippen LogP contribution in [0, 0.1) is 5.82 Å². The number of aliphatic hydroxyl groups is 1. The van der Waals surface area contributed by atoms with E-state index < -0.39 is 11.9 Å². The van der Waals surface area contributed by atoms with Crippen LogP contribution in [-0.4, -0.2) is 49.0 Å². The molecule has 32 heavy (non-hydrogen) atoms. The van der Waals surface area contributed by atoms with Gasteiger partial charge in [0.2, 0.25) is 0 Å². The lowest BCUT2D eigenvalue weighted by Crippen LogP contribution is -2.30. The first-order valence-electron chi connectivity index (χ1n) is 10.6. The van der Waals surface area contributed by atoms with E-state index in [1.165, 1.54) is 19.2 Å². The van der Waals surface area contributed by atoms with Crippen LogP contribution >= 0.6 is 0 Å². The molecular formula is C24H26FN3O4. The predicted octanol–water partition coefficient (Wildman–Crippen LogP) is 3.44. The Morgan fingerprint density at radius 2 is 2.03 bits per heavy atom. The first-order chi connectivity index (χ1) is 15.6. The van der Waals surface area contributed by atoms with Gasteiger partial charge in [0.1, 0.15) is 5.82 Å². The maximum atomic E-state index is 14.0. The van der Waals surface area contributed by atoms with Crippen molar-refractivity contribution >= 4 is 22.5 Å². The average molecular weight is 439 g/mol. The molecule has 3 aromatic rings. The van der Waals surface area contributed by atoms with Gasteiger partial charge in [-0.05, 0) is 54.1 Å². The summed E-state index contributed by atoms with van der Waals surface area (Å²) in [6, 6.07) is 11.1. The third-order valence-corrected chi connectivity index (χ3v) is 5.62. The fourth-order valence-electron chi connectivity index (χ4n) is 3.79. The van der Waals surface area contributed by atoms with Crippen molar-refractivity contribution in [3.8, 4) is 5.75 Å². The Bertz CT molecular complexity index is 1100. The highest BCUT2D eigenvalue weighted by molar-refractivity contribution is 5.99. The van der Waals surface area contributed by atoms with E-state index in [2.05, 4.69) is 15.6 Å². The van der Waals surface area contributed by atoms with Crippen molar-refractivity contribution in [3.63, 3.8) is 0 Å². The van der Waals surface area contributed by atoms with Crippen LogP contribution < -0.4 is 15.4 Å². The van der Waals surface area contributed by atoms with E-state index in [1.54, 1.807) is 24.4 Å². The van der Waals surface area contributed by atoms with E-state index in [9.17, 15) is 14.3 Å². The van der Waals surface area contributed by atoms with Gasteiger partial charge >= 0.3 is 0 Å². The highest BCUT2D eigenvalue weighted by atomic mass is 19.1. The number of methoxy groups -OCH3 is 1. The van der Waals surface area contributed by atoms with Gasteiger partial charge in [-0.2, -0.15) is 0 Å². The van der Waals surface area contributed by atoms with Gasteiger partial charge in [0.05, 0.1) is 19.8 Å². The van der Waals surface area contributed by atoms with E-state index in [4.69, 9.17) is 9.47 Å². The highest BCUT2D eigenvalue weighted by Crippen LogP contribution is 2.24. The zero-order valence-electron chi connectivity index (χ0n) is 17.8. The van der Waals surface area contributed by atoms with Crippen LogP contribution in [0.5, 0.6) is 5.75 Å². The molecule has 2 aromatic carbocycles. The normalized spacial score (nSPS) is 15.3. The lowest BCUT2D eigenvalue weighted by Gasteiger charge is -2.23. The van der Waals surface area contributed by atoms with Gasteiger partial charge < -0.3 is 25.2 Å². The number of carbonyl (C=O) groups excluding carboxylic acids is 1. The molecule has 4 rings (SSSR count). The van der Waals surface area contributed by atoms with Crippen molar-refractivity contribution in [1.29, 1.82) is 0 Å².